The van der Waals surface area contributed by atoms with Gasteiger partial charge in [0.25, 0.3) is 0 Å². The minimum atomic E-state index is 0.0866. The number of amides is 1. The van der Waals surface area contributed by atoms with Gasteiger partial charge in [0, 0.05) is 5.69 Å². The molecule has 1 heterocycles. The fourth-order valence-electron chi connectivity index (χ4n) is 2.34. The molecule has 1 N–H and O–H groups in total. The number of anilines is 1. The molecular formula is C16H15NO. The number of fused-ring (bicyclic) bond motifs is 1. The van der Waals surface area contributed by atoms with Gasteiger partial charge in [0.05, 0.1) is 6.42 Å². The first kappa shape index (κ1) is 11.0. The van der Waals surface area contributed by atoms with Crippen molar-refractivity contribution in [3.8, 4) is 11.1 Å². The fourth-order valence-corrected chi connectivity index (χ4v) is 2.34. The number of carbonyl (C=O) groups is 1. The molecule has 2 nitrogen and oxygen atoms in total. The summed E-state index contributed by atoms with van der Waals surface area (Å²) in [5.74, 6) is 0.0866. The highest BCUT2D eigenvalue weighted by atomic mass is 16.1. The molecule has 1 amide bonds. The molecule has 2 heteroatoms. The van der Waals surface area contributed by atoms with Crippen LogP contribution in [0.4, 0.5) is 5.69 Å². The summed E-state index contributed by atoms with van der Waals surface area (Å²) in [4.78, 5) is 11.3. The quantitative estimate of drug-likeness (QED) is 0.852. The van der Waals surface area contributed by atoms with E-state index in [2.05, 4.69) is 48.6 Å². The van der Waals surface area contributed by atoms with Crippen LogP contribution in [-0.4, -0.2) is 5.91 Å². The highest BCUT2D eigenvalue weighted by molar-refractivity contribution is 5.99. The van der Waals surface area contributed by atoms with E-state index >= 15 is 0 Å². The molecule has 0 saturated heterocycles. The summed E-state index contributed by atoms with van der Waals surface area (Å²) in [6, 6.07) is 14.8. The Hall–Kier alpha value is -2.09. The Morgan fingerprint density at radius 2 is 1.78 bits per heavy atom. The third-order valence-corrected chi connectivity index (χ3v) is 3.43. The third kappa shape index (κ3) is 1.90. The third-order valence-electron chi connectivity index (χ3n) is 3.43. The molecule has 0 bridgehead atoms. The van der Waals surface area contributed by atoms with Gasteiger partial charge in [-0.3, -0.25) is 4.79 Å². The predicted molar refractivity (Wildman–Crippen MR) is 73.6 cm³/mol. The summed E-state index contributed by atoms with van der Waals surface area (Å²) >= 11 is 0. The van der Waals surface area contributed by atoms with Gasteiger partial charge < -0.3 is 5.32 Å². The minimum absolute atomic E-state index is 0.0866. The summed E-state index contributed by atoms with van der Waals surface area (Å²) in [6.07, 6.45) is 1.55. The molecule has 0 saturated carbocycles. The van der Waals surface area contributed by atoms with Gasteiger partial charge in [-0.25, -0.2) is 0 Å². The van der Waals surface area contributed by atoms with Crippen molar-refractivity contribution in [3.05, 3.63) is 53.6 Å². The molecule has 1 aliphatic rings. The van der Waals surface area contributed by atoms with E-state index in [1.165, 1.54) is 16.7 Å². The Kier molecular flexibility index (Phi) is 2.63. The number of hydrogen-bond donors (Lipinski definition) is 1. The maximum atomic E-state index is 11.3. The molecule has 2 aromatic carbocycles. The van der Waals surface area contributed by atoms with Gasteiger partial charge in [-0.2, -0.15) is 0 Å². The number of hydrogen-bond acceptors (Lipinski definition) is 1. The largest absolute Gasteiger partial charge is 0.326 e. The molecule has 0 unspecified atom stereocenters. The molecule has 0 aliphatic carbocycles. The standard InChI is InChI=1S/C16H15NO/c1-2-11-3-5-12(6-4-11)13-7-8-15-14(9-13)10-16(18)17-15/h3-9H,2,10H2,1H3,(H,17,18). The predicted octanol–water partition coefficient (Wildman–Crippen LogP) is 3.41. The van der Waals surface area contributed by atoms with Gasteiger partial charge in [-0.1, -0.05) is 37.3 Å². The van der Waals surface area contributed by atoms with E-state index < -0.39 is 0 Å². The number of aryl methyl sites for hydroxylation is 1. The SMILES string of the molecule is CCc1ccc(-c2ccc3c(c2)CC(=O)N3)cc1. The van der Waals surface area contributed by atoms with Crippen molar-refractivity contribution >= 4 is 11.6 Å². The Morgan fingerprint density at radius 1 is 1.06 bits per heavy atom. The number of carbonyl (C=O) groups excluding carboxylic acids is 1. The lowest BCUT2D eigenvalue weighted by atomic mass is 10.0. The van der Waals surface area contributed by atoms with Crippen LogP contribution in [-0.2, 0) is 17.6 Å². The molecular weight excluding hydrogens is 222 g/mol. The summed E-state index contributed by atoms with van der Waals surface area (Å²) in [6.45, 7) is 2.15. The first-order valence-corrected chi connectivity index (χ1v) is 6.28. The Bertz CT molecular complexity index is 599. The van der Waals surface area contributed by atoms with Gasteiger partial charge in [-0.05, 0) is 40.8 Å². The summed E-state index contributed by atoms with van der Waals surface area (Å²) < 4.78 is 0. The lowest BCUT2D eigenvalue weighted by Gasteiger charge is -2.05. The van der Waals surface area contributed by atoms with Crippen LogP contribution >= 0.6 is 0 Å². The second kappa shape index (κ2) is 4.30. The summed E-state index contributed by atoms with van der Waals surface area (Å²) in [5.41, 5.74) is 5.77. The number of benzene rings is 2. The highest BCUT2D eigenvalue weighted by Crippen LogP contribution is 2.29. The topological polar surface area (TPSA) is 29.1 Å². The minimum Gasteiger partial charge on any atom is -0.326 e. The second-order valence-electron chi connectivity index (χ2n) is 4.65. The summed E-state index contributed by atoms with van der Waals surface area (Å²) in [7, 11) is 0. The van der Waals surface area contributed by atoms with Crippen LogP contribution in [0.1, 0.15) is 18.1 Å². The van der Waals surface area contributed by atoms with Crippen molar-refractivity contribution in [2.75, 3.05) is 5.32 Å². The Morgan fingerprint density at radius 3 is 2.50 bits per heavy atom. The molecule has 0 aromatic heterocycles. The van der Waals surface area contributed by atoms with Crippen LogP contribution in [0.15, 0.2) is 42.5 Å². The van der Waals surface area contributed by atoms with Gasteiger partial charge in [0.1, 0.15) is 0 Å². The first-order chi connectivity index (χ1) is 8.76. The lowest BCUT2D eigenvalue weighted by Crippen LogP contribution is -2.03. The van der Waals surface area contributed by atoms with Crippen molar-refractivity contribution < 1.29 is 4.79 Å². The molecule has 0 spiro atoms. The lowest BCUT2D eigenvalue weighted by molar-refractivity contribution is -0.115. The molecule has 3 rings (SSSR count). The van der Waals surface area contributed by atoms with E-state index in [0.29, 0.717) is 6.42 Å². The molecule has 0 radical (unpaired) electrons. The normalized spacial score (nSPS) is 13.3. The average Bonchev–Trinajstić information content (AvgIpc) is 2.78. The molecule has 0 fully saturated rings. The van der Waals surface area contributed by atoms with E-state index in [9.17, 15) is 4.79 Å². The first-order valence-electron chi connectivity index (χ1n) is 6.28. The number of rotatable bonds is 2. The van der Waals surface area contributed by atoms with Crippen LogP contribution < -0.4 is 5.32 Å². The zero-order valence-electron chi connectivity index (χ0n) is 10.4. The van der Waals surface area contributed by atoms with Gasteiger partial charge in [-0.15, -0.1) is 0 Å². The van der Waals surface area contributed by atoms with Crippen molar-refractivity contribution in [1.82, 2.24) is 0 Å². The smallest absolute Gasteiger partial charge is 0.228 e. The molecule has 0 atom stereocenters. The van der Waals surface area contributed by atoms with E-state index in [0.717, 1.165) is 17.7 Å². The number of nitrogens with one attached hydrogen (secondary N) is 1. The average molecular weight is 237 g/mol. The zero-order valence-corrected chi connectivity index (χ0v) is 10.4. The zero-order chi connectivity index (χ0) is 12.5. The van der Waals surface area contributed by atoms with E-state index in [-0.39, 0.29) is 5.91 Å². The van der Waals surface area contributed by atoms with Gasteiger partial charge in [0.2, 0.25) is 5.91 Å². The van der Waals surface area contributed by atoms with Gasteiger partial charge >= 0.3 is 0 Å². The maximum absolute atomic E-state index is 11.3. The molecule has 2 aromatic rings. The van der Waals surface area contributed by atoms with Crippen molar-refractivity contribution in [2.24, 2.45) is 0 Å². The fraction of sp³-hybridized carbons (Fsp3) is 0.188. The van der Waals surface area contributed by atoms with E-state index in [4.69, 9.17) is 0 Å². The van der Waals surface area contributed by atoms with Crippen molar-refractivity contribution in [1.29, 1.82) is 0 Å². The van der Waals surface area contributed by atoms with Crippen LogP contribution in [0, 0.1) is 0 Å². The van der Waals surface area contributed by atoms with Crippen molar-refractivity contribution in [3.63, 3.8) is 0 Å². The van der Waals surface area contributed by atoms with Crippen molar-refractivity contribution in [2.45, 2.75) is 19.8 Å². The Balaban J connectivity index is 1.97. The molecule has 90 valence electrons. The van der Waals surface area contributed by atoms with Crippen LogP contribution in [0.25, 0.3) is 11.1 Å². The second-order valence-corrected chi connectivity index (χ2v) is 4.65. The van der Waals surface area contributed by atoms with E-state index in [1.807, 2.05) is 6.07 Å². The van der Waals surface area contributed by atoms with E-state index in [1.54, 1.807) is 0 Å². The monoisotopic (exact) mass is 237 g/mol. The van der Waals surface area contributed by atoms with Gasteiger partial charge in [0.15, 0.2) is 0 Å². The van der Waals surface area contributed by atoms with Crippen LogP contribution in [0.5, 0.6) is 0 Å². The summed E-state index contributed by atoms with van der Waals surface area (Å²) in [5, 5.41) is 2.86. The Labute approximate surface area is 107 Å². The van der Waals surface area contributed by atoms with Crippen LogP contribution in [0.2, 0.25) is 0 Å². The molecule has 18 heavy (non-hydrogen) atoms. The molecule has 1 aliphatic heterocycles. The highest BCUT2D eigenvalue weighted by Gasteiger charge is 2.17. The maximum Gasteiger partial charge on any atom is 0.228 e. The van der Waals surface area contributed by atoms with Crippen LogP contribution in [0.3, 0.4) is 0 Å².